The van der Waals surface area contributed by atoms with Gasteiger partial charge in [0.05, 0.1) is 5.75 Å². The fraction of sp³-hybridized carbons (Fsp3) is 0.706. The zero-order valence-corrected chi connectivity index (χ0v) is 14.9. The highest BCUT2D eigenvalue weighted by Gasteiger charge is 2.03. The molecule has 1 rings (SSSR count). The van der Waals surface area contributed by atoms with Crippen LogP contribution in [0.4, 0.5) is 8.78 Å². The molecule has 4 nitrogen and oxygen atoms in total. The van der Waals surface area contributed by atoms with Crippen LogP contribution in [0.3, 0.4) is 0 Å². The second kappa shape index (κ2) is 15.4. The number of unbranched alkanes of at least 4 members (excludes halogenated alkanes) is 8. The molecule has 0 aliphatic carbocycles. The molecule has 7 heteroatoms. The Kier molecular flexibility index (Phi) is 14.8. The van der Waals surface area contributed by atoms with E-state index in [4.69, 9.17) is 4.55 Å². The molecular weight excluding hydrogens is 336 g/mol. The lowest BCUT2D eigenvalue weighted by Gasteiger charge is -2.02. The summed E-state index contributed by atoms with van der Waals surface area (Å²) in [7, 11) is -3.80. The number of hydrogen-bond donors (Lipinski definition) is 1. The van der Waals surface area contributed by atoms with Crippen molar-refractivity contribution >= 4 is 10.1 Å². The molecule has 1 aromatic heterocycles. The first-order valence-corrected chi connectivity index (χ1v) is 10.1. The van der Waals surface area contributed by atoms with Crippen molar-refractivity contribution in [3.8, 4) is 0 Å². The molecule has 0 spiro atoms. The minimum Gasteiger partial charge on any atom is -0.286 e. The molecule has 0 radical (unpaired) electrons. The molecule has 0 aliphatic rings. The van der Waals surface area contributed by atoms with Gasteiger partial charge in [0, 0.05) is 18.8 Å². The first-order valence-electron chi connectivity index (χ1n) is 8.50. The van der Waals surface area contributed by atoms with Crippen molar-refractivity contribution in [2.24, 2.45) is 0 Å². The molecule has 0 aromatic carbocycles. The van der Waals surface area contributed by atoms with Crippen LogP contribution in [0.5, 0.6) is 0 Å². The van der Waals surface area contributed by atoms with Gasteiger partial charge in [-0.25, -0.2) is 8.78 Å². The van der Waals surface area contributed by atoms with Gasteiger partial charge in [0.25, 0.3) is 10.1 Å². The SMILES string of the molecule is O=S(=O)(O)CCCCCCCCCCCC(F)F.c1ccncc1. The van der Waals surface area contributed by atoms with E-state index in [-0.39, 0.29) is 12.2 Å². The molecular formula is C17H29F2NO3S. The average molecular weight is 365 g/mol. The molecule has 0 saturated heterocycles. The topological polar surface area (TPSA) is 67.3 Å². The van der Waals surface area contributed by atoms with Crippen LogP contribution in [0.15, 0.2) is 30.6 Å². The molecule has 1 N–H and O–H groups in total. The van der Waals surface area contributed by atoms with E-state index >= 15 is 0 Å². The summed E-state index contributed by atoms with van der Waals surface area (Å²) in [4.78, 5) is 3.78. The van der Waals surface area contributed by atoms with E-state index in [0.29, 0.717) is 12.8 Å². The van der Waals surface area contributed by atoms with Crippen LogP contribution in [0.25, 0.3) is 0 Å². The Labute approximate surface area is 144 Å². The quantitative estimate of drug-likeness (QED) is 0.412. The second-order valence-electron chi connectivity index (χ2n) is 5.67. The average Bonchev–Trinajstić information content (AvgIpc) is 2.53. The minimum absolute atomic E-state index is 0.00956. The van der Waals surface area contributed by atoms with Crippen molar-refractivity contribution in [3.05, 3.63) is 30.6 Å². The predicted molar refractivity (Wildman–Crippen MR) is 92.8 cm³/mol. The summed E-state index contributed by atoms with van der Waals surface area (Å²) in [6, 6.07) is 5.72. The lowest BCUT2D eigenvalue weighted by atomic mass is 10.1. The van der Waals surface area contributed by atoms with Gasteiger partial charge in [0.15, 0.2) is 0 Å². The third-order valence-corrected chi connectivity index (χ3v) is 4.20. The summed E-state index contributed by atoms with van der Waals surface area (Å²) in [6.07, 6.45) is 9.26. The molecule has 1 aromatic rings. The predicted octanol–water partition coefficient (Wildman–Crippen LogP) is 5.12. The molecule has 0 bridgehead atoms. The van der Waals surface area contributed by atoms with Gasteiger partial charge in [-0.2, -0.15) is 8.42 Å². The molecule has 0 amide bonds. The van der Waals surface area contributed by atoms with Gasteiger partial charge in [-0.05, 0) is 25.0 Å². The summed E-state index contributed by atoms with van der Waals surface area (Å²) < 4.78 is 52.9. The summed E-state index contributed by atoms with van der Waals surface area (Å²) in [5.74, 6) is -0.152. The molecule has 0 saturated carbocycles. The van der Waals surface area contributed by atoms with E-state index in [1.165, 1.54) is 0 Å². The Hall–Kier alpha value is -1.08. The van der Waals surface area contributed by atoms with E-state index in [0.717, 1.165) is 44.9 Å². The Balaban J connectivity index is 0.000000728. The van der Waals surface area contributed by atoms with E-state index < -0.39 is 16.5 Å². The number of aromatic nitrogens is 1. The third-order valence-electron chi connectivity index (χ3n) is 3.39. The third kappa shape index (κ3) is 20.9. The fourth-order valence-corrected chi connectivity index (χ4v) is 2.70. The van der Waals surface area contributed by atoms with Crippen LogP contribution < -0.4 is 0 Å². The van der Waals surface area contributed by atoms with E-state index in [1.807, 2.05) is 18.2 Å². The Morgan fingerprint density at radius 1 is 0.792 bits per heavy atom. The number of rotatable bonds is 12. The molecule has 140 valence electrons. The number of halogens is 2. The number of hydrogen-bond acceptors (Lipinski definition) is 3. The number of nitrogens with zero attached hydrogens (tertiary/aromatic N) is 1. The lowest BCUT2D eigenvalue weighted by molar-refractivity contribution is 0.133. The first kappa shape index (κ1) is 22.9. The van der Waals surface area contributed by atoms with E-state index in [2.05, 4.69) is 4.98 Å². The minimum atomic E-state index is -3.80. The van der Waals surface area contributed by atoms with E-state index in [1.54, 1.807) is 12.4 Å². The Morgan fingerprint density at radius 2 is 1.25 bits per heavy atom. The van der Waals surface area contributed by atoms with Crippen molar-refractivity contribution < 1.29 is 21.8 Å². The first-order chi connectivity index (χ1) is 11.4. The van der Waals surface area contributed by atoms with Crippen LogP contribution in [0.1, 0.15) is 64.2 Å². The highest BCUT2D eigenvalue weighted by molar-refractivity contribution is 7.85. The molecule has 0 atom stereocenters. The molecule has 0 fully saturated rings. The number of pyridine rings is 1. The summed E-state index contributed by atoms with van der Waals surface area (Å²) in [5, 5.41) is 0. The van der Waals surface area contributed by atoms with Gasteiger partial charge >= 0.3 is 0 Å². The monoisotopic (exact) mass is 365 g/mol. The fourth-order valence-electron chi connectivity index (χ4n) is 2.13. The van der Waals surface area contributed by atoms with Gasteiger partial charge in [-0.3, -0.25) is 9.54 Å². The van der Waals surface area contributed by atoms with Crippen molar-refractivity contribution in [2.75, 3.05) is 5.75 Å². The van der Waals surface area contributed by atoms with Crippen molar-refractivity contribution in [3.63, 3.8) is 0 Å². The maximum absolute atomic E-state index is 11.8. The Bertz CT molecular complexity index is 443. The number of alkyl halides is 2. The van der Waals surface area contributed by atoms with Gasteiger partial charge in [-0.15, -0.1) is 0 Å². The second-order valence-corrected chi connectivity index (χ2v) is 7.24. The Morgan fingerprint density at radius 3 is 1.58 bits per heavy atom. The lowest BCUT2D eigenvalue weighted by Crippen LogP contribution is -2.03. The highest BCUT2D eigenvalue weighted by Crippen LogP contribution is 2.12. The van der Waals surface area contributed by atoms with Gasteiger partial charge < -0.3 is 0 Å². The van der Waals surface area contributed by atoms with Crippen LogP contribution in [0.2, 0.25) is 0 Å². The van der Waals surface area contributed by atoms with Crippen molar-refractivity contribution in [1.29, 1.82) is 0 Å². The zero-order chi connectivity index (χ0) is 18.1. The maximum Gasteiger partial charge on any atom is 0.264 e. The summed E-state index contributed by atoms with van der Waals surface area (Å²) in [5.41, 5.74) is 0. The smallest absolute Gasteiger partial charge is 0.264 e. The van der Waals surface area contributed by atoms with Crippen molar-refractivity contribution in [1.82, 2.24) is 4.98 Å². The summed E-state index contributed by atoms with van der Waals surface area (Å²) >= 11 is 0. The van der Waals surface area contributed by atoms with Gasteiger partial charge in [-0.1, -0.05) is 51.0 Å². The largest absolute Gasteiger partial charge is 0.286 e. The van der Waals surface area contributed by atoms with Crippen molar-refractivity contribution in [2.45, 2.75) is 70.6 Å². The standard InChI is InChI=1S/C12H24F2O3S.C5H5N/c13-12(14)10-8-6-4-2-1-3-5-7-9-11-18(15,16)17;1-2-4-6-5-3-1/h12H,1-11H2,(H,15,16,17);1-5H. The maximum atomic E-state index is 11.8. The molecule has 1 heterocycles. The van der Waals surface area contributed by atoms with Gasteiger partial charge in [0.1, 0.15) is 0 Å². The summed E-state index contributed by atoms with van der Waals surface area (Å²) in [6.45, 7) is 0. The molecule has 0 aliphatic heterocycles. The van der Waals surface area contributed by atoms with Gasteiger partial charge in [0.2, 0.25) is 6.43 Å². The van der Waals surface area contributed by atoms with Crippen LogP contribution >= 0.6 is 0 Å². The molecule has 24 heavy (non-hydrogen) atoms. The van der Waals surface area contributed by atoms with Crippen LogP contribution in [0, 0.1) is 0 Å². The molecule has 0 unspecified atom stereocenters. The van der Waals surface area contributed by atoms with Crippen LogP contribution in [-0.4, -0.2) is 30.1 Å². The van der Waals surface area contributed by atoms with E-state index in [9.17, 15) is 17.2 Å². The highest BCUT2D eigenvalue weighted by atomic mass is 32.2. The normalized spacial score (nSPS) is 11.2. The van der Waals surface area contributed by atoms with Crippen LogP contribution in [-0.2, 0) is 10.1 Å². The zero-order valence-electron chi connectivity index (χ0n) is 14.1.